The fourth-order valence-electron chi connectivity index (χ4n) is 3.10. The van der Waals surface area contributed by atoms with Crippen molar-refractivity contribution in [2.45, 2.75) is 38.8 Å². The van der Waals surface area contributed by atoms with E-state index in [1.54, 1.807) is 13.1 Å². The van der Waals surface area contributed by atoms with Gasteiger partial charge in [-0.25, -0.2) is 4.79 Å². The second-order valence-corrected chi connectivity index (χ2v) is 6.56. The maximum atomic E-state index is 12.6. The first kappa shape index (κ1) is 18.7. The van der Waals surface area contributed by atoms with Gasteiger partial charge in [0.2, 0.25) is 0 Å². The number of ether oxygens (including phenoxy) is 1. The van der Waals surface area contributed by atoms with Gasteiger partial charge in [-0.3, -0.25) is 4.79 Å². The highest BCUT2D eigenvalue weighted by Gasteiger charge is 2.23. The summed E-state index contributed by atoms with van der Waals surface area (Å²) in [4.78, 5) is 28.1. The number of fused-ring (bicyclic) bond motifs is 1. The van der Waals surface area contributed by atoms with Crippen LogP contribution in [0.25, 0.3) is 10.9 Å². The lowest BCUT2D eigenvalue weighted by Gasteiger charge is -2.21. The number of carbonyl (C=O) groups is 2. The zero-order chi connectivity index (χ0) is 19.2. The van der Waals surface area contributed by atoms with Crippen LogP contribution in [0.5, 0.6) is 0 Å². The molecule has 2 atom stereocenters. The molecular formula is C22H24N2O3. The second kappa shape index (κ2) is 8.54. The van der Waals surface area contributed by atoms with Crippen LogP contribution >= 0.6 is 0 Å². The molecule has 5 heteroatoms. The number of para-hydroxylation sites is 1. The first-order valence-electron chi connectivity index (χ1n) is 9.22. The van der Waals surface area contributed by atoms with E-state index in [0.717, 1.165) is 29.3 Å². The Hall–Kier alpha value is -3.08. The number of hydrogen-bond donors (Lipinski definition) is 2. The lowest BCUT2D eigenvalue weighted by molar-refractivity contribution is -0.129. The number of benzene rings is 2. The van der Waals surface area contributed by atoms with Crippen molar-refractivity contribution in [2.24, 2.45) is 0 Å². The molecule has 0 bridgehead atoms. The Morgan fingerprint density at radius 2 is 1.78 bits per heavy atom. The van der Waals surface area contributed by atoms with Gasteiger partial charge in [-0.05, 0) is 25.0 Å². The van der Waals surface area contributed by atoms with Crippen molar-refractivity contribution < 1.29 is 14.3 Å². The molecule has 0 radical (unpaired) electrons. The molecule has 1 aromatic heterocycles. The summed E-state index contributed by atoms with van der Waals surface area (Å²) < 4.78 is 5.41. The SMILES string of the molecule is CCCC(NC(=O)C(C)OC(=O)c1c[nH]c2ccccc12)c1ccccc1. The number of esters is 1. The molecule has 0 aliphatic rings. The molecule has 3 rings (SSSR count). The fourth-order valence-corrected chi connectivity index (χ4v) is 3.10. The van der Waals surface area contributed by atoms with Gasteiger partial charge in [0.15, 0.2) is 6.10 Å². The normalized spacial score (nSPS) is 13.1. The Bertz CT molecular complexity index is 917. The number of aromatic nitrogens is 1. The van der Waals surface area contributed by atoms with Crippen LogP contribution in [0.3, 0.4) is 0 Å². The minimum atomic E-state index is -0.880. The van der Waals surface area contributed by atoms with Gasteiger partial charge in [-0.2, -0.15) is 0 Å². The van der Waals surface area contributed by atoms with Gasteiger partial charge in [0.25, 0.3) is 5.91 Å². The van der Waals surface area contributed by atoms with Gasteiger partial charge in [0.05, 0.1) is 11.6 Å². The first-order valence-corrected chi connectivity index (χ1v) is 9.22. The quantitative estimate of drug-likeness (QED) is 0.612. The largest absolute Gasteiger partial charge is 0.449 e. The number of aromatic amines is 1. The van der Waals surface area contributed by atoms with Crippen LogP contribution in [-0.4, -0.2) is 23.0 Å². The van der Waals surface area contributed by atoms with E-state index in [4.69, 9.17) is 4.74 Å². The topological polar surface area (TPSA) is 71.2 Å². The van der Waals surface area contributed by atoms with Crippen molar-refractivity contribution >= 4 is 22.8 Å². The van der Waals surface area contributed by atoms with E-state index in [2.05, 4.69) is 17.2 Å². The van der Waals surface area contributed by atoms with Crippen LogP contribution < -0.4 is 5.32 Å². The van der Waals surface area contributed by atoms with E-state index in [1.165, 1.54) is 0 Å². The van der Waals surface area contributed by atoms with Crippen LogP contribution in [0.1, 0.15) is 48.7 Å². The number of carbonyl (C=O) groups excluding carboxylic acids is 2. The van der Waals surface area contributed by atoms with Crippen molar-refractivity contribution in [3.8, 4) is 0 Å². The van der Waals surface area contributed by atoms with Crippen molar-refractivity contribution in [3.63, 3.8) is 0 Å². The summed E-state index contributed by atoms with van der Waals surface area (Å²) in [6.07, 6.45) is 2.48. The number of rotatable bonds is 7. The van der Waals surface area contributed by atoms with Gasteiger partial charge in [0.1, 0.15) is 0 Å². The molecule has 2 N–H and O–H groups in total. The molecule has 0 saturated carbocycles. The summed E-state index contributed by atoms with van der Waals surface area (Å²) in [6, 6.07) is 17.2. The molecule has 2 unspecified atom stereocenters. The molecule has 0 saturated heterocycles. The van der Waals surface area contributed by atoms with Crippen LogP contribution in [-0.2, 0) is 9.53 Å². The molecule has 1 heterocycles. The zero-order valence-electron chi connectivity index (χ0n) is 15.6. The Labute approximate surface area is 158 Å². The van der Waals surface area contributed by atoms with Crippen LogP contribution in [0, 0.1) is 0 Å². The molecule has 1 amide bonds. The lowest BCUT2D eigenvalue weighted by atomic mass is 10.0. The smallest absolute Gasteiger partial charge is 0.341 e. The number of H-pyrrole nitrogens is 1. The fraction of sp³-hybridized carbons (Fsp3) is 0.273. The van der Waals surface area contributed by atoms with Gasteiger partial charge in [-0.1, -0.05) is 61.9 Å². The standard InChI is InChI=1S/C22H24N2O3/c1-3-9-19(16-10-5-4-6-11-16)24-21(25)15(2)27-22(26)18-14-23-20-13-8-7-12-17(18)20/h4-8,10-15,19,23H,3,9H2,1-2H3,(H,24,25). The summed E-state index contributed by atoms with van der Waals surface area (Å²) in [5.41, 5.74) is 2.33. The Morgan fingerprint density at radius 1 is 1.07 bits per heavy atom. The third kappa shape index (κ3) is 4.37. The number of nitrogens with one attached hydrogen (secondary N) is 2. The monoisotopic (exact) mass is 364 g/mol. The highest BCUT2D eigenvalue weighted by atomic mass is 16.5. The second-order valence-electron chi connectivity index (χ2n) is 6.56. The molecule has 27 heavy (non-hydrogen) atoms. The molecule has 3 aromatic rings. The van der Waals surface area contributed by atoms with Crippen molar-refractivity contribution in [3.05, 3.63) is 71.9 Å². The maximum absolute atomic E-state index is 12.6. The van der Waals surface area contributed by atoms with Gasteiger partial charge in [0, 0.05) is 17.1 Å². The van der Waals surface area contributed by atoms with E-state index in [-0.39, 0.29) is 11.9 Å². The lowest BCUT2D eigenvalue weighted by Crippen LogP contribution is -2.38. The van der Waals surface area contributed by atoms with E-state index in [0.29, 0.717) is 5.56 Å². The van der Waals surface area contributed by atoms with Gasteiger partial charge >= 0.3 is 5.97 Å². The average molecular weight is 364 g/mol. The maximum Gasteiger partial charge on any atom is 0.341 e. The van der Waals surface area contributed by atoms with E-state index < -0.39 is 12.1 Å². The van der Waals surface area contributed by atoms with Crippen LogP contribution in [0.4, 0.5) is 0 Å². The summed E-state index contributed by atoms with van der Waals surface area (Å²) in [6.45, 7) is 3.67. The van der Waals surface area contributed by atoms with Crippen molar-refractivity contribution in [1.82, 2.24) is 10.3 Å². The minimum absolute atomic E-state index is 0.0991. The summed E-state index contributed by atoms with van der Waals surface area (Å²) in [7, 11) is 0. The number of amides is 1. The van der Waals surface area contributed by atoms with Crippen LogP contribution in [0.2, 0.25) is 0 Å². The molecule has 0 aliphatic carbocycles. The summed E-state index contributed by atoms with van der Waals surface area (Å²) >= 11 is 0. The number of hydrogen-bond acceptors (Lipinski definition) is 3. The van der Waals surface area contributed by atoms with E-state index in [9.17, 15) is 9.59 Å². The Kier molecular flexibility index (Phi) is 5.91. The highest BCUT2D eigenvalue weighted by Crippen LogP contribution is 2.20. The van der Waals surface area contributed by atoms with E-state index in [1.807, 2.05) is 54.6 Å². The predicted molar refractivity (Wildman–Crippen MR) is 105 cm³/mol. The summed E-state index contributed by atoms with van der Waals surface area (Å²) in [5, 5.41) is 3.78. The van der Waals surface area contributed by atoms with Gasteiger partial charge < -0.3 is 15.0 Å². The molecule has 0 spiro atoms. The Morgan fingerprint density at radius 3 is 2.52 bits per heavy atom. The minimum Gasteiger partial charge on any atom is -0.449 e. The third-order valence-corrected chi connectivity index (χ3v) is 4.56. The summed E-state index contributed by atoms with van der Waals surface area (Å²) in [5.74, 6) is -0.813. The first-order chi connectivity index (χ1) is 13.1. The molecule has 2 aromatic carbocycles. The zero-order valence-corrected chi connectivity index (χ0v) is 15.6. The highest BCUT2D eigenvalue weighted by molar-refractivity contribution is 6.04. The predicted octanol–water partition coefficient (Wildman–Crippen LogP) is 4.37. The molecule has 0 aliphatic heterocycles. The van der Waals surface area contributed by atoms with Crippen molar-refractivity contribution in [2.75, 3.05) is 0 Å². The van der Waals surface area contributed by atoms with Crippen molar-refractivity contribution in [1.29, 1.82) is 0 Å². The third-order valence-electron chi connectivity index (χ3n) is 4.56. The van der Waals surface area contributed by atoms with E-state index >= 15 is 0 Å². The molecule has 140 valence electrons. The molecule has 5 nitrogen and oxygen atoms in total. The van der Waals surface area contributed by atoms with Crippen LogP contribution in [0.15, 0.2) is 60.8 Å². The molecular weight excluding hydrogens is 340 g/mol. The molecule has 0 fully saturated rings. The average Bonchev–Trinajstić information content (AvgIpc) is 3.12. The van der Waals surface area contributed by atoms with Gasteiger partial charge in [-0.15, -0.1) is 0 Å². The Balaban J connectivity index is 1.66.